The lowest BCUT2D eigenvalue weighted by molar-refractivity contribution is 0.0950. The van der Waals surface area contributed by atoms with Crippen LogP contribution in [0, 0.1) is 6.92 Å². The Hall–Kier alpha value is -2.63. The first-order valence-corrected chi connectivity index (χ1v) is 6.11. The molecule has 1 aromatic carbocycles. The summed E-state index contributed by atoms with van der Waals surface area (Å²) in [5, 5.41) is 10.6. The molecule has 0 atom stereocenters. The van der Waals surface area contributed by atoms with Gasteiger partial charge in [-0.05, 0) is 32.0 Å². The highest BCUT2D eigenvalue weighted by atomic mass is 16.5. The van der Waals surface area contributed by atoms with Crippen molar-refractivity contribution < 1.29 is 9.53 Å². The number of carbonyl (C=O) groups is 1. The van der Waals surface area contributed by atoms with Gasteiger partial charge in [0.05, 0.1) is 12.8 Å². The third kappa shape index (κ3) is 3.23. The van der Waals surface area contributed by atoms with Crippen molar-refractivity contribution in [2.45, 2.75) is 13.8 Å². The van der Waals surface area contributed by atoms with Crippen molar-refractivity contribution in [1.29, 1.82) is 0 Å². The Morgan fingerprint density at radius 1 is 1.40 bits per heavy atom. The first-order valence-electron chi connectivity index (χ1n) is 6.11. The molecule has 1 heterocycles. The van der Waals surface area contributed by atoms with Crippen LogP contribution in [0.4, 0.5) is 0 Å². The second kappa shape index (κ2) is 6.01. The highest BCUT2D eigenvalue weighted by molar-refractivity contribution is 6.00. The van der Waals surface area contributed by atoms with E-state index in [1.54, 1.807) is 13.2 Å². The first kappa shape index (κ1) is 13.8. The van der Waals surface area contributed by atoms with Gasteiger partial charge in [-0.25, -0.2) is 5.43 Å². The molecule has 0 spiro atoms. The van der Waals surface area contributed by atoms with Crippen molar-refractivity contribution in [1.82, 2.24) is 15.6 Å². The van der Waals surface area contributed by atoms with Crippen LogP contribution in [0.3, 0.4) is 0 Å². The number of nitrogens with one attached hydrogen (secondary N) is 2. The minimum Gasteiger partial charge on any atom is -0.497 e. The first-order chi connectivity index (χ1) is 9.60. The molecule has 0 fully saturated rings. The van der Waals surface area contributed by atoms with Gasteiger partial charge in [0.2, 0.25) is 0 Å². The highest BCUT2D eigenvalue weighted by Crippen LogP contribution is 2.13. The molecule has 0 aliphatic heterocycles. The number of aromatic amines is 1. The summed E-state index contributed by atoms with van der Waals surface area (Å²) >= 11 is 0. The zero-order chi connectivity index (χ0) is 14.5. The zero-order valence-electron chi connectivity index (χ0n) is 11.6. The number of hydrogen-bond acceptors (Lipinski definition) is 4. The smallest absolute Gasteiger partial charge is 0.291 e. The summed E-state index contributed by atoms with van der Waals surface area (Å²) in [6.07, 6.45) is 0. The maximum Gasteiger partial charge on any atom is 0.291 e. The third-order valence-corrected chi connectivity index (χ3v) is 2.75. The monoisotopic (exact) mass is 272 g/mol. The lowest BCUT2D eigenvalue weighted by atomic mass is 10.1. The summed E-state index contributed by atoms with van der Waals surface area (Å²) in [5.74, 6) is 0.392. The summed E-state index contributed by atoms with van der Waals surface area (Å²) in [5.41, 5.74) is 5.17. The molecule has 0 bridgehead atoms. The predicted molar refractivity (Wildman–Crippen MR) is 76.0 cm³/mol. The van der Waals surface area contributed by atoms with E-state index in [-0.39, 0.29) is 5.91 Å². The van der Waals surface area contributed by atoms with Gasteiger partial charge in [-0.15, -0.1) is 0 Å². The number of H-pyrrole nitrogens is 1. The van der Waals surface area contributed by atoms with Crippen LogP contribution in [0.25, 0.3) is 0 Å². The molecule has 104 valence electrons. The molecule has 6 heteroatoms. The molecule has 1 amide bonds. The van der Waals surface area contributed by atoms with Crippen LogP contribution in [-0.2, 0) is 0 Å². The topological polar surface area (TPSA) is 79.4 Å². The van der Waals surface area contributed by atoms with E-state index in [4.69, 9.17) is 4.74 Å². The standard InChI is InChI=1S/C14H16N4O2/c1-9-7-13(17-15-9)14(19)18-16-10(2)11-5-4-6-12(8-11)20-3/h4-8H,1-3H3,(H,15,17)(H,18,19)/b16-10+. The molecule has 6 nitrogen and oxygen atoms in total. The van der Waals surface area contributed by atoms with Gasteiger partial charge in [-0.1, -0.05) is 12.1 Å². The molecule has 0 aliphatic rings. The predicted octanol–water partition coefficient (Wildman–Crippen LogP) is 1.88. The van der Waals surface area contributed by atoms with Crippen LogP contribution < -0.4 is 10.2 Å². The average Bonchev–Trinajstić information content (AvgIpc) is 2.91. The van der Waals surface area contributed by atoms with Crippen molar-refractivity contribution in [2.75, 3.05) is 7.11 Å². The molecule has 0 aliphatic carbocycles. The molecule has 20 heavy (non-hydrogen) atoms. The minimum atomic E-state index is -0.350. The van der Waals surface area contributed by atoms with E-state index in [2.05, 4.69) is 20.7 Å². The number of carbonyl (C=O) groups excluding carboxylic acids is 1. The van der Waals surface area contributed by atoms with Crippen LogP contribution in [0.5, 0.6) is 5.75 Å². The molecule has 2 rings (SSSR count). The number of hydrazone groups is 1. The number of methoxy groups -OCH3 is 1. The molecule has 0 radical (unpaired) electrons. The Morgan fingerprint density at radius 2 is 2.20 bits per heavy atom. The number of benzene rings is 1. The van der Waals surface area contributed by atoms with Crippen molar-refractivity contribution in [3.8, 4) is 5.75 Å². The molecular formula is C14H16N4O2. The van der Waals surface area contributed by atoms with Gasteiger partial charge in [0, 0.05) is 11.3 Å². The molecular weight excluding hydrogens is 256 g/mol. The SMILES string of the molecule is COc1cccc(/C(C)=N/NC(=O)c2cc(C)[nH]n2)c1. The van der Waals surface area contributed by atoms with E-state index in [9.17, 15) is 4.79 Å². The van der Waals surface area contributed by atoms with Crippen molar-refractivity contribution in [3.63, 3.8) is 0 Å². The lowest BCUT2D eigenvalue weighted by Gasteiger charge is -2.04. The Balaban J connectivity index is 2.08. The van der Waals surface area contributed by atoms with E-state index in [0.29, 0.717) is 11.4 Å². The van der Waals surface area contributed by atoms with E-state index in [1.165, 1.54) is 0 Å². The number of hydrogen-bond donors (Lipinski definition) is 2. The number of ether oxygens (including phenoxy) is 1. The summed E-state index contributed by atoms with van der Waals surface area (Å²) in [6, 6.07) is 9.12. The Kier molecular flexibility index (Phi) is 4.14. The van der Waals surface area contributed by atoms with Crippen LogP contribution in [0.15, 0.2) is 35.4 Å². The van der Waals surface area contributed by atoms with Crippen molar-refractivity contribution in [3.05, 3.63) is 47.3 Å². The van der Waals surface area contributed by atoms with Gasteiger partial charge >= 0.3 is 0 Å². The fraction of sp³-hybridized carbons (Fsp3) is 0.214. The van der Waals surface area contributed by atoms with E-state index >= 15 is 0 Å². The minimum absolute atomic E-state index is 0.310. The van der Waals surface area contributed by atoms with Crippen LogP contribution in [0.2, 0.25) is 0 Å². The molecule has 1 aromatic heterocycles. The van der Waals surface area contributed by atoms with Gasteiger partial charge in [0.25, 0.3) is 5.91 Å². The zero-order valence-corrected chi connectivity index (χ0v) is 11.6. The fourth-order valence-corrected chi connectivity index (χ4v) is 1.64. The number of rotatable bonds is 4. The lowest BCUT2D eigenvalue weighted by Crippen LogP contribution is -2.19. The maximum atomic E-state index is 11.8. The summed E-state index contributed by atoms with van der Waals surface area (Å²) in [6.45, 7) is 3.64. The fourth-order valence-electron chi connectivity index (χ4n) is 1.64. The number of nitrogens with zero attached hydrogens (tertiary/aromatic N) is 2. The summed E-state index contributed by atoms with van der Waals surface area (Å²) in [4.78, 5) is 11.8. The van der Waals surface area contributed by atoms with Gasteiger partial charge in [-0.3, -0.25) is 9.89 Å². The Bertz CT molecular complexity index is 646. The van der Waals surface area contributed by atoms with Gasteiger partial charge < -0.3 is 4.74 Å². The van der Waals surface area contributed by atoms with Crippen LogP contribution in [-0.4, -0.2) is 28.9 Å². The Morgan fingerprint density at radius 3 is 2.85 bits per heavy atom. The largest absolute Gasteiger partial charge is 0.497 e. The number of aromatic nitrogens is 2. The van der Waals surface area contributed by atoms with Gasteiger partial charge in [-0.2, -0.15) is 10.2 Å². The second-order valence-electron chi connectivity index (χ2n) is 4.31. The summed E-state index contributed by atoms with van der Waals surface area (Å²) < 4.78 is 5.15. The van der Waals surface area contributed by atoms with Crippen molar-refractivity contribution in [2.24, 2.45) is 5.10 Å². The van der Waals surface area contributed by atoms with Gasteiger partial charge in [0.15, 0.2) is 5.69 Å². The van der Waals surface area contributed by atoms with E-state index in [0.717, 1.165) is 17.0 Å². The molecule has 2 aromatic rings. The highest BCUT2D eigenvalue weighted by Gasteiger charge is 2.08. The second-order valence-corrected chi connectivity index (χ2v) is 4.31. The quantitative estimate of drug-likeness (QED) is 0.658. The molecule has 0 unspecified atom stereocenters. The van der Waals surface area contributed by atoms with E-state index < -0.39 is 0 Å². The van der Waals surface area contributed by atoms with Crippen LogP contribution in [0.1, 0.15) is 28.7 Å². The number of aryl methyl sites for hydroxylation is 1. The molecule has 0 saturated carbocycles. The van der Waals surface area contributed by atoms with Gasteiger partial charge in [0.1, 0.15) is 5.75 Å². The van der Waals surface area contributed by atoms with Crippen LogP contribution >= 0.6 is 0 Å². The maximum absolute atomic E-state index is 11.8. The normalized spacial score (nSPS) is 11.2. The summed E-state index contributed by atoms with van der Waals surface area (Å²) in [7, 11) is 1.60. The Labute approximate surface area is 116 Å². The molecule has 2 N–H and O–H groups in total. The van der Waals surface area contributed by atoms with Crippen molar-refractivity contribution >= 4 is 11.6 Å². The third-order valence-electron chi connectivity index (χ3n) is 2.75. The molecule has 0 saturated heterocycles. The van der Waals surface area contributed by atoms with E-state index in [1.807, 2.05) is 38.1 Å². The average molecular weight is 272 g/mol. The number of amides is 1.